The number of carbonyl (C=O) groups is 1. The molecule has 1 aromatic heterocycles. The molecule has 0 fully saturated rings. The van der Waals surface area contributed by atoms with Crippen LogP contribution in [0.25, 0.3) is 11.5 Å². The van der Waals surface area contributed by atoms with Crippen molar-refractivity contribution in [3.05, 3.63) is 71.4 Å². The lowest BCUT2D eigenvalue weighted by Gasteiger charge is -2.06. The van der Waals surface area contributed by atoms with Crippen molar-refractivity contribution < 1.29 is 22.4 Å². The van der Waals surface area contributed by atoms with Gasteiger partial charge in [0.2, 0.25) is 11.8 Å². The maximum absolute atomic E-state index is 13.6. The van der Waals surface area contributed by atoms with E-state index in [4.69, 9.17) is 4.42 Å². The van der Waals surface area contributed by atoms with E-state index in [-0.39, 0.29) is 6.42 Å². The molecule has 1 N–H and O–H groups in total. The minimum atomic E-state index is -1.64. The molecule has 1 amide bonds. The van der Waals surface area contributed by atoms with E-state index in [9.17, 15) is 18.0 Å². The molecule has 0 atom stereocenters. The largest absolute Gasteiger partial charge is 0.440 e. The highest BCUT2D eigenvalue weighted by atomic mass is 19.2. The number of oxazole rings is 1. The van der Waals surface area contributed by atoms with Gasteiger partial charge in [0.05, 0.1) is 17.8 Å². The number of halogens is 3. The van der Waals surface area contributed by atoms with Crippen molar-refractivity contribution in [1.29, 1.82) is 0 Å². The highest BCUT2D eigenvalue weighted by Crippen LogP contribution is 2.23. The number of aromatic nitrogens is 1. The molecule has 25 heavy (non-hydrogen) atoms. The quantitative estimate of drug-likeness (QED) is 0.719. The van der Waals surface area contributed by atoms with Gasteiger partial charge in [-0.15, -0.1) is 0 Å². The van der Waals surface area contributed by atoms with E-state index in [0.717, 1.165) is 17.7 Å². The number of rotatable bonds is 4. The molecule has 7 heteroatoms. The number of benzene rings is 2. The summed E-state index contributed by atoms with van der Waals surface area (Å²) in [4.78, 5) is 16.3. The zero-order valence-corrected chi connectivity index (χ0v) is 13.1. The van der Waals surface area contributed by atoms with Gasteiger partial charge in [0.15, 0.2) is 17.5 Å². The van der Waals surface area contributed by atoms with Crippen LogP contribution < -0.4 is 5.32 Å². The van der Waals surface area contributed by atoms with E-state index in [1.165, 1.54) is 0 Å². The first-order valence-electron chi connectivity index (χ1n) is 7.41. The third-order valence-corrected chi connectivity index (χ3v) is 3.54. The lowest BCUT2D eigenvalue weighted by Crippen LogP contribution is -2.16. The highest BCUT2D eigenvalue weighted by Gasteiger charge is 2.18. The second-order valence-corrected chi connectivity index (χ2v) is 5.34. The minimum Gasteiger partial charge on any atom is -0.440 e. The fraction of sp³-hybridized carbons (Fsp3) is 0.111. The Morgan fingerprint density at radius 1 is 1.08 bits per heavy atom. The van der Waals surface area contributed by atoms with Crippen LogP contribution in [0.4, 0.5) is 18.9 Å². The van der Waals surface area contributed by atoms with Crippen molar-refractivity contribution in [2.24, 2.45) is 0 Å². The number of hydrogen-bond acceptors (Lipinski definition) is 3. The van der Waals surface area contributed by atoms with E-state index in [1.807, 2.05) is 30.3 Å². The first-order chi connectivity index (χ1) is 12.0. The summed E-state index contributed by atoms with van der Waals surface area (Å²) in [6.45, 7) is 1.68. The molecule has 0 bridgehead atoms. The van der Waals surface area contributed by atoms with Crippen LogP contribution >= 0.6 is 0 Å². The van der Waals surface area contributed by atoms with Gasteiger partial charge in [0.1, 0.15) is 5.76 Å². The fourth-order valence-electron chi connectivity index (χ4n) is 2.26. The normalized spacial score (nSPS) is 10.7. The number of anilines is 1. The number of hydrogen-bond donors (Lipinski definition) is 1. The van der Waals surface area contributed by atoms with Gasteiger partial charge in [-0.25, -0.2) is 18.2 Å². The third kappa shape index (κ3) is 3.55. The summed E-state index contributed by atoms with van der Waals surface area (Å²) in [5.41, 5.74) is 0.827. The number of nitrogens with zero attached hydrogens (tertiary/aromatic N) is 1. The Balaban J connectivity index is 1.76. The number of amides is 1. The maximum atomic E-state index is 13.6. The van der Waals surface area contributed by atoms with Crippen molar-refractivity contribution in [2.45, 2.75) is 13.3 Å². The van der Waals surface area contributed by atoms with Crippen LogP contribution in [0.5, 0.6) is 0 Å². The molecule has 3 rings (SSSR count). The molecule has 4 nitrogen and oxygen atoms in total. The van der Waals surface area contributed by atoms with E-state index in [0.29, 0.717) is 17.3 Å². The van der Waals surface area contributed by atoms with Gasteiger partial charge >= 0.3 is 0 Å². The Labute approximate surface area is 141 Å². The molecule has 3 aromatic rings. The SMILES string of the molecule is Cc1nc(-c2ccccc2)oc1CC(=O)Nc1ccc(F)c(F)c1F. The Hall–Kier alpha value is -3.09. The molecule has 0 unspecified atom stereocenters. The number of aryl methyl sites for hydroxylation is 1. The predicted molar refractivity (Wildman–Crippen MR) is 85.3 cm³/mol. The molecule has 128 valence electrons. The van der Waals surface area contributed by atoms with Crippen LogP contribution in [0, 0.1) is 24.4 Å². The molecule has 2 aromatic carbocycles. The third-order valence-electron chi connectivity index (χ3n) is 3.54. The molecule has 0 aliphatic carbocycles. The monoisotopic (exact) mass is 346 g/mol. The molecule has 0 aliphatic heterocycles. The Morgan fingerprint density at radius 3 is 2.52 bits per heavy atom. The van der Waals surface area contributed by atoms with Gasteiger partial charge in [0, 0.05) is 5.56 Å². The average Bonchev–Trinajstić information content (AvgIpc) is 2.97. The van der Waals surface area contributed by atoms with Crippen LogP contribution in [0.15, 0.2) is 46.9 Å². The zero-order chi connectivity index (χ0) is 18.0. The molecule has 0 saturated carbocycles. The van der Waals surface area contributed by atoms with E-state index >= 15 is 0 Å². The van der Waals surface area contributed by atoms with Crippen LogP contribution in [0.2, 0.25) is 0 Å². The second kappa shape index (κ2) is 6.80. The number of nitrogens with one attached hydrogen (secondary N) is 1. The minimum absolute atomic E-state index is 0.218. The first-order valence-corrected chi connectivity index (χ1v) is 7.41. The molecule has 1 heterocycles. The fourth-order valence-corrected chi connectivity index (χ4v) is 2.26. The van der Waals surface area contributed by atoms with Gasteiger partial charge in [-0.3, -0.25) is 4.79 Å². The van der Waals surface area contributed by atoms with Crippen molar-refractivity contribution in [2.75, 3.05) is 5.32 Å². The molecular weight excluding hydrogens is 333 g/mol. The standard InChI is InChI=1S/C18H13F3N2O2/c1-10-14(25-18(22-10)11-5-3-2-4-6-11)9-15(24)23-13-8-7-12(19)16(20)17(13)21/h2-8H,9H2,1H3,(H,23,24). The summed E-state index contributed by atoms with van der Waals surface area (Å²) in [6, 6.07) is 10.8. The molecule has 0 saturated heterocycles. The lowest BCUT2D eigenvalue weighted by molar-refractivity contribution is -0.115. The van der Waals surface area contributed by atoms with Gasteiger partial charge in [-0.1, -0.05) is 18.2 Å². The van der Waals surface area contributed by atoms with Gasteiger partial charge in [-0.2, -0.15) is 0 Å². The topological polar surface area (TPSA) is 55.1 Å². The van der Waals surface area contributed by atoms with Crippen molar-refractivity contribution in [3.63, 3.8) is 0 Å². The molecule has 0 aliphatic rings. The van der Waals surface area contributed by atoms with Crippen molar-refractivity contribution in [3.8, 4) is 11.5 Å². The highest BCUT2D eigenvalue weighted by molar-refractivity contribution is 5.92. The summed E-state index contributed by atoms with van der Waals surface area (Å²) in [5.74, 6) is -4.38. The Bertz CT molecular complexity index is 924. The average molecular weight is 346 g/mol. The van der Waals surface area contributed by atoms with Gasteiger partial charge in [0.25, 0.3) is 0 Å². The van der Waals surface area contributed by atoms with Gasteiger partial charge in [-0.05, 0) is 31.2 Å². The summed E-state index contributed by atoms with van der Waals surface area (Å²) in [7, 11) is 0. The van der Waals surface area contributed by atoms with Crippen LogP contribution in [-0.4, -0.2) is 10.9 Å². The summed E-state index contributed by atoms with van der Waals surface area (Å²) < 4.78 is 45.3. The van der Waals surface area contributed by atoms with E-state index in [2.05, 4.69) is 10.3 Å². The van der Waals surface area contributed by atoms with Gasteiger partial charge < -0.3 is 9.73 Å². The lowest BCUT2D eigenvalue weighted by atomic mass is 10.2. The molecule has 0 spiro atoms. The molecule has 0 radical (unpaired) electrons. The predicted octanol–water partition coefficient (Wildman–Crippen LogP) is 4.25. The summed E-state index contributed by atoms with van der Waals surface area (Å²) in [5, 5.41) is 2.19. The maximum Gasteiger partial charge on any atom is 0.232 e. The summed E-state index contributed by atoms with van der Waals surface area (Å²) in [6.07, 6.45) is -0.218. The smallest absolute Gasteiger partial charge is 0.232 e. The van der Waals surface area contributed by atoms with Crippen LogP contribution in [-0.2, 0) is 11.2 Å². The Morgan fingerprint density at radius 2 is 1.80 bits per heavy atom. The second-order valence-electron chi connectivity index (χ2n) is 5.34. The Kier molecular flexibility index (Phi) is 4.56. The first kappa shape index (κ1) is 16.8. The van der Waals surface area contributed by atoms with E-state index in [1.54, 1.807) is 6.92 Å². The zero-order valence-electron chi connectivity index (χ0n) is 13.1. The van der Waals surface area contributed by atoms with Crippen molar-refractivity contribution in [1.82, 2.24) is 4.98 Å². The van der Waals surface area contributed by atoms with E-state index < -0.39 is 29.0 Å². The van der Waals surface area contributed by atoms with Crippen LogP contribution in [0.3, 0.4) is 0 Å². The van der Waals surface area contributed by atoms with Crippen LogP contribution in [0.1, 0.15) is 11.5 Å². The summed E-state index contributed by atoms with van der Waals surface area (Å²) >= 11 is 0. The van der Waals surface area contributed by atoms with Crippen molar-refractivity contribution >= 4 is 11.6 Å². The number of carbonyl (C=O) groups excluding carboxylic acids is 1. The molecular formula is C18H13F3N2O2.